The molecule has 0 atom stereocenters. The Balaban J connectivity index is 2.97. The molecule has 1 amide bonds. The Labute approximate surface area is 114 Å². The molecule has 0 aliphatic rings. The van der Waals surface area contributed by atoms with E-state index in [9.17, 15) is 4.79 Å². The maximum atomic E-state index is 10.8. The second kappa shape index (κ2) is 15.3. The predicted octanol–water partition coefficient (Wildman–Crippen LogP) is -0.555. The van der Waals surface area contributed by atoms with E-state index in [-0.39, 0.29) is 12.5 Å². The van der Waals surface area contributed by atoms with Gasteiger partial charge in [0, 0.05) is 14.2 Å². The van der Waals surface area contributed by atoms with Crippen LogP contribution in [-0.4, -0.2) is 79.5 Å². The molecule has 7 nitrogen and oxygen atoms in total. The van der Waals surface area contributed by atoms with Crippen molar-refractivity contribution >= 4 is 5.91 Å². The molecule has 0 aliphatic heterocycles. The molecule has 0 aromatic carbocycles. The normalized spacial score (nSPS) is 10.6. The lowest BCUT2D eigenvalue weighted by Crippen LogP contribution is -2.24. The highest BCUT2D eigenvalue weighted by Gasteiger charge is 1.96. The largest absolute Gasteiger partial charge is 0.382 e. The van der Waals surface area contributed by atoms with Gasteiger partial charge in [-0.1, -0.05) is 0 Å². The average Bonchev–Trinajstić information content (AvgIpc) is 2.43. The van der Waals surface area contributed by atoms with Crippen LogP contribution in [0, 0.1) is 0 Å². The molecule has 0 spiro atoms. The van der Waals surface area contributed by atoms with Gasteiger partial charge in [-0.05, 0) is 0 Å². The molecule has 0 saturated carbocycles. The number of methoxy groups -OCH3 is 1. The zero-order chi connectivity index (χ0) is 14.2. The fourth-order valence-electron chi connectivity index (χ4n) is 1.04. The highest BCUT2D eigenvalue weighted by atomic mass is 16.6. The maximum absolute atomic E-state index is 10.8. The maximum Gasteiger partial charge on any atom is 0.245 e. The number of carbonyl (C=O) groups is 1. The van der Waals surface area contributed by atoms with Crippen molar-refractivity contribution in [3.8, 4) is 0 Å². The highest BCUT2D eigenvalue weighted by molar-refractivity contribution is 5.76. The Bertz CT molecular complexity index is 203. The van der Waals surface area contributed by atoms with Crippen LogP contribution in [0.3, 0.4) is 0 Å². The van der Waals surface area contributed by atoms with E-state index in [1.807, 2.05) is 0 Å². The van der Waals surface area contributed by atoms with Gasteiger partial charge in [-0.2, -0.15) is 0 Å². The minimum Gasteiger partial charge on any atom is -0.382 e. The van der Waals surface area contributed by atoms with Gasteiger partial charge in [0.25, 0.3) is 0 Å². The molecule has 0 fully saturated rings. The van der Waals surface area contributed by atoms with Crippen molar-refractivity contribution in [2.24, 2.45) is 0 Å². The second-order valence-corrected chi connectivity index (χ2v) is 3.56. The molecule has 0 heterocycles. The molecule has 7 heteroatoms. The van der Waals surface area contributed by atoms with Gasteiger partial charge in [-0.15, -0.1) is 0 Å². The molecule has 0 aliphatic carbocycles. The number of amides is 1. The molecule has 0 aromatic heterocycles. The SMILES string of the molecule is CNC(=O)COCCOCCOCCOCCOC. The van der Waals surface area contributed by atoms with Gasteiger partial charge < -0.3 is 29.0 Å². The summed E-state index contributed by atoms with van der Waals surface area (Å²) >= 11 is 0. The summed E-state index contributed by atoms with van der Waals surface area (Å²) < 4.78 is 25.6. The van der Waals surface area contributed by atoms with Crippen molar-refractivity contribution in [2.45, 2.75) is 0 Å². The quantitative estimate of drug-likeness (QED) is 0.430. The molecule has 0 unspecified atom stereocenters. The van der Waals surface area contributed by atoms with Crippen LogP contribution >= 0.6 is 0 Å². The van der Waals surface area contributed by atoms with Crippen LogP contribution in [0.15, 0.2) is 0 Å². The molecular formula is C12H25NO6. The van der Waals surface area contributed by atoms with Crippen molar-refractivity contribution < 1.29 is 28.5 Å². The van der Waals surface area contributed by atoms with Crippen molar-refractivity contribution in [1.29, 1.82) is 0 Å². The average molecular weight is 279 g/mol. The smallest absolute Gasteiger partial charge is 0.245 e. The van der Waals surface area contributed by atoms with Crippen LogP contribution < -0.4 is 5.32 Å². The van der Waals surface area contributed by atoms with Crippen molar-refractivity contribution in [1.82, 2.24) is 5.32 Å². The number of carbonyl (C=O) groups excluding carboxylic acids is 1. The Kier molecular flexibility index (Phi) is 14.7. The Hall–Kier alpha value is -0.730. The monoisotopic (exact) mass is 279 g/mol. The summed E-state index contributed by atoms with van der Waals surface area (Å²) in [6.07, 6.45) is 0. The summed E-state index contributed by atoms with van der Waals surface area (Å²) in [5, 5.41) is 2.46. The zero-order valence-corrected chi connectivity index (χ0v) is 11.8. The lowest BCUT2D eigenvalue weighted by Gasteiger charge is -2.07. The minimum absolute atomic E-state index is 0.0647. The first-order chi connectivity index (χ1) is 9.31. The number of nitrogens with one attached hydrogen (secondary N) is 1. The summed E-state index contributed by atoms with van der Waals surface area (Å²) in [4.78, 5) is 10.8. The third-order valence-corrected chi connectivity index (χ3v) is 2.06. The standard InChI is InChI=1S/C12H25NO6/c1-13-12(14)11-19-10-9-18-8-7-17-6-5-16-4-3-15-2/h3-11H2,1-2H3,(H,13,14). The molecule has 114 valence electrons. The lowest BCUT2D eigenvalue weighted by atomic mass is 10.6. The first-order valence-corrected chi connectivity index (χ1v) is 6.31. The molecule has 0 saturated heterocycles. The molecule has 1 N–H and O–H groups in total. The third kappa shape index (κ3) is 15.2. The van der Waals surface area contributed by atoms with Crippen molar-refractivity contribution in [3.63, 3.8) is 0 Å². The molecule has 0 radical (unpaired) electrons. The van der Waals surface area contributed by atoms with Crippen LogP contribution in [-0.2, 0) is 28.5 Å². The molecular weight excluding hydrogens is 254 g/mol. The Morgan fingerprint density at radius 2 is 1.21 bits per heavy atom. The molecule has 19 heavy (non-hydrogen) atoms. The van der Waals surface area contributed by atoms with E-state index in [1.54, 1.807) is 14.2 Å². The Morgan fingerprint density at radius 3 is 1.63 bits per heavy atom. The van der Waals surface area contributed by atoms with Crippen molar-refractivity contribution in [2.75, 3.05) is 73.6 Å². The van der Waals surface area contributed by atoms with E-state index in [4.69, 9.17) is 23.7 Å². The number of ether oxygens (including phenoxy) is 5. The third-order valence-electron chi connectivity index (χ3n) is 2.06. The second-order valence-electron chi connectivity index (χ2n) is 3.56. The fraction of sp³-hybridized carbons (Fsp3) is 0.917. The van der Waals surface area contributed by atoms with Crippen LogP contribution in [0.25, 0.3) is 0 Å². The zero-order valence-electron chi connectivity index (χ0n) is 11.8. The van der Waals surface area contributed by atoms with Crippen LogP contribution in [0.4, 0.5) is 0 Å². The van der Waals surface area contributed by atoms with E-state index in [1.165, 1.54) is 0 Å². The van der Waals surface area contributed by atoms with Crippen LogP contribution in [0.2, 0.25) is 0 Å². The number of likely N-dealkylation sites (N-methyl/N-ethyl adjacent to an activating group) is 1. The van der Waals surface area contributed by atoms with Gasteiger partial charge in [0.1, 0.15) is 6.61 Å². The number of hydrogen-bond donors (Lipinski definition) is 1. The molecule has 0 rings (SSSR count). The van der Waals surface area contributed by atoms with E-state index in [2.05, 4.69) is 5.32 Å². The van der Waals surface area contributed by atoms with E-state index in [0.717, 1.165) is 0 Å². The first-order valence-electron chi connectivity index (χ1n) is 6.31. The fourth-order valence-corrected chi connectivity index (χ4v) is 1.04. The summed E-state index contributed by atoms with van der Waals surface area (Å²) in [6, 6.07) is 0. The minimum atomic E-state index is -0.142. The van der Waals surface area contributed by atoms with E-state index < -0.39 is 0 Å². The van der Waals surface area contributed by atoms with Gasteiger partial charge in [0.05, 0.1) is 52.9 Å². The van der Waals surface area contributed by atoms with E-state index >= 15 is 0 Å². The number of rotatable bonds is 14. The van der Waals surface area contributed by atoms with Crippen LogP contribution in [0.5, 0.6) is 0 Å². The van der Waals surface area contributed by atoms with Gasteiger partial charge in [0.15, 0.2) is 0 Å². The Morgan fingerprint density at radius 1 is 0.789 bits per heavy atom. The summed E-state index contributed by atoms with van der Waals surface area (Å²) in [6.45, 7) is 4.20. The molecule has 0 aromatic rings. The topological polar surface area (TPSA) is 75.3 Å². The predicted molar refractivity (Wildman–Crippen MR) is 69.2 cm³/mol. The van der Waals surface area contributed by atoms with Gasteiger partial charge in [-0.3, -0.25) is 4.79 Å². The van der Waals surface area contributed by atoms with Crippen molar-refractivity contribution in [3.05, 3.63) is 0 Å². The number of hydrogen-bond acceptors (Lipinski definition) is 6. The van der Waals surface area contributed by atoms with E-state index in [0.29, 0.717) is 52.9 Å². The van der Waals surface area contributed by atoms with Gasteiger partial charge in [0.2, 0.25) is 5.91 Å². The summed E-state index contributed by atoms with van der Waals surface area (Å²) in [7, 11) is 3.20. The lowest BCUT2D eigenvalue weighted by molar-refractivity contribution is -0.125. The van der Waals surface area contributed by atoms with Crippen LogP contribution in [0.1, 0.15) is 0 Å². The molecule has 0 bridgehead atoms. The van der Waals surface area contributed by atoms with Gasteiger partial charge >= 0.3 is 0 Å². The first kappa shape index (κ1) is 18.3. The summed E-state index contributed by atoms with van der Waals surface area (Å²) in [5.41, 5.74) is 0. The van der Waals surface area contributed by atoms with Gasteiger partial charge in [-0.25, -0.2) is 0 Å². The highest BCUT2D eigenvalue weighted by Crippen LogP contribution is 1.83. The summed E-state index contributed by atoms with van der Waals surface area (Å²) in [5.74, 6) is -0.142.